The number of benzene rings is 1. The van der Waals surface area contributed by atoms with E-state index in [0.29, 0.717) is 6.04 Å². The maximum atomic E-state index is 5.48. The van der Waals surface area contributed by atoms with Crippen LogP contribution in [0, 0.1) is 0 Å². The van der Waals surface area contributed by atoms with Crippen LogP contribution in [0.15, 0.2) is 52.1 Å². The van der Waals surface area contributed by atoms with Gasteiger partial charge in [0.05, 0.1) is 12.8 Å². The fraction of sp³-hybridized carbons (Fsp3) is 0.542. The number of nitrogens with one attached hydrogen (secondary N) is 2. The van der Waals surface area contributed by atoms with Gasteiger partial charge in [-0.05, 0) is 56.0 Å². The molecule has 0 amide bonds. The summed E-state index contributed by atoms with van der Waals surface area (Å²) in [5.74, 6) is 1.89. The van der Waals surface area contributed by atoms with E-state index in [1.165, 1.54) is 49.9 Å². The minimum absolute atomic E-state index is 0. The van der Waals surface area contributed by atoms with E-state index in [1.54, 1.807) is 6.26 Å². The molecule has 2 fully saturated rings. The quantitative estimate of drug-likeness (QED) is 0.305. The molecule has 1 aliphatic carbocycles. The first-order chi connectivity index (χ1) is 14.7. The summed E-state index contributed by atoms with van der Waals surface area (Å²) < 4.78 is 5.48. The number of likely N-dealkylation sites (tertiary alicyclic amines) is 1. The second kappa shape index (κ2) is 11.9. The highest BCUT2D eigenvalue weighted by atomic mass is 127. The lowest BCUT2D eigenvalue weighted by Gasteiger charge is -2.33. The smallest absolute Gasteiger partial charge is 0.191 e. The SMILES string of the molecule is CN=C(NCc1ccccc1CN(C)Cc1ccco1)NC1CCN(C2CC2)CC1.I. The Morgan fingerprint density at radius 1 is 1.06 bits per heavy atom. The van der Waals surface area contributed by atoms with Gasteiger partial charge < -0.3 is 20.0 Å². The van der Waals surface area contributed by atoms with Gasteiger partial charge in [0.15, 0.2) is 5.96 Å². The standard InChI is InChI=1S/C24H35N5O.HI/c1-25-24(27-21-11-13-29(14-12-21)22-9-10-22)26-16-19-6-3-4-7-20(19)17-28(2)18-23-8-5-15-30-23;/h3-8,15,21-22H,9-14,16-18H2,1-2H3,(H2,25,26,27);1H. The highest BCUT2D eigenvalue weighted by Gasteiger charge is 2.31. The normalized spacial score (nSPS) is 18.1. The van der Waals surface area contributed by atoms with Crippen LogP contribution in [0.2, 0.25) is 0 Å². The molecule has 4 rings (SSSR count). The third-order valence-electron chi connectivity index (χ3n) is 6.17. The lowest BCUT2D eigenvalue weighted by Crippen LogP contribution is -2.48. The fourth-order valence-corrected chi connectivity index (χ4v) is 4.32. The van der Waals surface area contributed by atoms with Crippen LogP contribution in [-0.2, 0) is 19.6 Å². The van der Waals surface area contributed by atoms with Crippen molar-refractivity contribution in [1.82, 2.24) is 20.4 Å². The van der Waals surface area contributed by atoms with E-state index in [-0.39, 0.29) is 24.0 Å². The first kappa shape index (κ1) is 24.1. The maximum absolute atomic E-state index is 5.48. The molecule has 1 aromatic heterocycles. The number of hydrogen-bond donors (Lipinski definition) is 2. The topological polar surface area (TPSA) is 56.0 Å². The minimum Gasteiger partial charge on any atom is -0.468 e. The molecule has 0 radical (unpaired) electrons. The van der Waals surface area contributed by atoms with Gasteiger partial charge in [-0.15, -0.1) is 24.0 Å². The molecule has 0 atom stereocenters. The van der Waals surface area contributed by atoms with Crippen molar-refractivity contribution in [2.45, 2.75) is 57.4 Å². The van der Waals surface area contributed by atoms with E-state index in [4.69, 9.17) is 4.42 Å². The zero-order valence-electron chi connectivity index (χ0n) is 18.7. The molecule has 2 aromatic rings. The van der Waals surface area contributed by atoms with E-state index in [2.05, 4.69) is 56.7 Å². The van der Waals surface area contributed by atoms with Crippen molar-refractivity contribution in [1.29, 1.82) is 0 Å². The molecular formula is C24H36IN5O. The van der Waals surface area contributed by atoms with Gasteiger partial charge in [-0.25, -0.2) is 0 Å². The molecule has 2 N–H and O–H groups in total. The Kier molecular flexibility index (Phi) is 9.22. The minimum atomic E-state index is 0. The summed E-state index contributed by atoms with van der Waals surface area (Å²) in [6.45, 7) is 4.88. The molecule has 1 aromatic carbocycles. The van der Waals surface area contributed by atoms with Gasteiger partial charge in [0.2, 0.25) is 0 Å². The molecule has 170 valence electrons. The Morgan fingerprint density at radius 2 is 1.81 bits per heavy atom. The van der Waals surface area contributed by atoms with Crippen molar-refractivity contribution < 1.29 is 4.42 Å². The molecule has 0 bridgehead atoms. The number of guanidine groups is 1. The maximum Gasteiger partial charge on any atom is 0.191 e. The van der Waals surface area contributed by atoms with E-state index in [0.717, 1.165) is 37.4 Å². The largest absolute Gasteiger partial charge is 0.468 e. The van der Waals surface area contributed by atoms with Crippen molar-refractivity contribution in [3.8, 4) is 0 Å². The van der Waals surface area contributed by atoms with Gasteiger partial charge >= 0.3 is 0 Å². The van der Waals surface area contributed by atoms with Crippen LogP contribution in [0.1, 0.15) is 42.6 Å². The fourth-order valence-electron chi connectivity index (χ4n) is 4.32. The third kappa shape index (κ3) is 7.22. The van der Waals surface area contributed by atoms with E-state index in [1.807, 2.05) is 19.2 Å². The molecule has 7 heteroatoms. The van der Waals surface area contributed by atoms with E-state index < -0.39 is 0 Å². The molecule has 2 aliphatic rings. The first-order valence-electron chi connectivity index (χ1n) is 11.2. The zero-order valence-corrected chi connectivity index (χ0v) is 21.0. The van der Waals surface area contributed by atoms with Crippen LogP contribution in [0.25, 0.3) is 0 Å². The average molecular weight is 537 g/mol. The Hall–Kier alpha value is -1.58. The van der Waals surface area contributed by atoms with Gasteiger partial charge in [-0.3, -0.25) is 9.89 Å². The number of nitrogens with zero attached hydrogens (tertiary/aromatic N) is 3. The number of rotatable bonds is 8. The Bertz CT molecular complexity index is 813. The third-order valence-corrected chi connectivity index (χ3v) is 6.17. The van der Waals surface area contributed by atoms with E-state index >= 15 is 0 Å². The number of piperidine rings is 1. The number of furan rings is 1. The lowest BCUT2D eigenvalue weighted by atomic mass is 10.1. The molecule has 0 spiro atoms. The van der Waals surface area contributed by atoms with Gasteiger partial charge in [-0.1, -0.05) is 24.3 Å². The number of halogens is 1. The summed E-state index contributed by atoms with van der Waals surface area (Å²) in [7, 11) is 3.99. The van der Waals surface area contributed by atoms with Crippen molar-refractivity contribution in [2.24, 2.45) is 4.99 Å². The summed E-state index contributed by atoms with van der Waals surface area (Å²) >= 11 is 0. The molecule has 0 unspecified atom stereocenters. The van der Waals surface area contributed by atoms with Gasteiger partial charge in [0.25, 0.3) is 0 Å². The highest BCUT2D eigenvalue weighted by molar-refractivity contribution is 14.0. The molecule has 2 heterocycles. The van der Waals surface area contributed by atoms with Gasteiger partial charge in [0.1, 0.15) is 5.76 Å². The molecule has 31 heavy (non-hydrogen) atoms. The monoisotopic (exact) mass is 537 g/mol. The highest BCUT2D eigenvalue weighted by Crippen LogP contribution is 2.29. The van der Waals surface area contributed by atoms with Crippen molar-refractivity contribution >= 4 is 29.9 Å². The predicted octanol–water partition coefficient (Wildman–Crippen LogP) is 3.82. The lowest BCUT2D eigenvalue weighted by molar-refractivity contribution is 0.197. The number of hydrogen-bond acceptors (Lipinski definition) is 4. The van der Waals surface area contributed by atoms with Crippen LogP contribution in [0.4, 0.5) is 0 Å². The zero-order chi connectivity index (χ0) is 20.8. The second-order valence-corrected chi connectivity index (χ2v) is 8.63. The average Bonchev–Trinajstić information content (AvgIpc) is 3.49. The van der Waals surface area contributed by atoms with Crippen LogP contribution in [0.3, 0.4) is 0 Å². The van der Waals surface area contributed by atoms with Crippen molar-refractivity contribution in [3.05, 3.63) is 59.5 Å². The number of aliphatic imine (C=N–C) groups is 1. The van der Waals surface area contributed by atoms with Crippen LogP contribution < -0.4 is 10.6 Å². The molecule has 1 aliphatic heterocycles. The van der Waals surface area contributed by atoms with Crippen LogP contribution in [-0.4, -0.2) is 55.0 Å². The van der Waals surface area contributed by atoms with Gasteiger partial charge in [-0.2, -0.15) is 0 Å². The molecular weight excluding hydrogens is 501 g/mol. The summed E-state index contributed by atoms with van der Waals surface area (Å²) in [6.07, 6.45) is 6.93. The molecule has 6 nitrogen and oxygen atoms in total. The Balaban J connectivity index is 0.00000272. The van der Waals surface area contributed by atoms with Crippen molar-refractivity contribution in [3.63, 3.8) is 0 Å². The summed E-state index contributed by atoms with van der Waals surface area (Å²) in [5.41, 5.74) is 2.63. The summed E-state index contributed by atoms with van der Waals surface area (Å²) in [4.78, 5) is 9.39. The predicted molar refractivity (Wildman–Crippen MR) is 137 cm³/mol. The summed E-state index contributed by atoms with van der Waals surface area (Å²) in [6, 6.07) is 14.0. The second-order valence-electron chi connectivity index (χ2n) is 8.63. The summed E-state index contributed by atoms with van der Waals surface area (Å²) in [5, 5.41) is 7.16. The van der Waals surface area contributed by atoms with Gasteiger partial charge in [0, 0.05) is 45.3 Å². The molecule has 1 saturated carbocycles. The first-order valence-corrected chi connectivity index (χ1v) is 11.2. The Morgan fingerprint density at radius 3 is 2.45 bits per heavy atom. The Labute approximate surface area is 203 Å². The van der Waals surface area contributed by atoms with Crippen LogP contribution in [0.5, 0.6) is 0 Å². The van der Waals surface area contributed by atoms with Crippen LogP contribution >= 0.6 is 24.0 Å². The van der Waals surface area contributed by atoms with Crippen molar-refractivity contribution in [2.75, 3.05) is 27.2 Å². The molecule has 1 saturated heterocycles. The van der Waals surface area contributed by atoms with E-state index in [9.17, 15) is 0 Å².